The molecule has 2 aromatic carbocycles. The number of phenols is 3. The van der Waals surface area contributed by atoms with E-state index in [9.17, 15) is 20.1 Å². The third kappa shape index (κ3) is 3.59. The quantitative estimate of drug-likeness (QED) is 0.598. The molecule has 0 radical (unpaired) electrons. The van der Waals surface area contributed by atoms with Gasteiger partial charge in [0, 0.05) is 23.8 Å². The predicted molar refractivity (Wildman–Crippen MR) is 97.9 cm³/mol. The molecule has 26 heavy (non-hydrogen) atoms. The molecule has 1 heterocycles. The highest BCUT2D eigenvalue weighted by atomic mass is 16.5. The van der Waals surface area contributed by atoms with E-state index in [0.29, 0.717) is 23.8 Å². The molecule has 0 aliphatic carbocycles. The normalized spacial score (nSPS) is 11.2. The molecular formula is C20H20O6. The SMILES string of the molecule is CC(C)CCOc1cc(O)c2c(=O)cc(-c3ccc(O)c(O)c3)oc2c1. The van der Waals surface area contributed by atoms with Gasteiger partial charge in [-0.3, -0.25) is 4.79 Å². The van der Waals surface area contributed by atoms with Crippen LogP contribution < -0.4 is 10.2 Å². The molecule has 0 unspecified atom stereocenters. The lowest BCUT2D eigenvalue weighted by Crippen LogP contribution is -2.03. The molecule has 0 fully saturated rings. The Kier molecular flexibility index (Phi) is 4.75. The van der Waals surface area contributed by atoms with Crippen molar-refractivity contribution in [3.8, 4) is 34.3 Å². The van der Waals surface area contributed by atoms with Crippen LogP contribution >= 0.6 is 0 Å². The predicted octanol–water partition coefficient (Wildman–Crippen LogP) is 4.00. The summed E-state index contributed by atoms with van der Waals surface area (Å²) < 4.78 is 11.4. The van der Waals surface area contributed by atoms with Crippen molar-refractivity contribution in [2.24, 2.45) is 5.92 Å². The minimum absolute atomic E-state index is 0.0629. The number of phenolic OH excluding ortho intramolecular Hbond substituents is 3. The number of aromatic hydroxyl groups is 3. The zero-order valence-corrected chi connectivity index (χ0v) is 14.5. The average molecular weight is 356 g/mol. The molecule has 3 N–H and O–H groups in total. The van der Waals surface area contributed by atoms with E-state index in [1.54, 1.807) is 6.07 Å². The van der Waals surface area contributed by atoms with Crippen LogP contribution in [0.25, 0.3) is 22.3 Å². The average Bonchev–Trinajstić information content (AvgIpc) is 2.56. The molecule has 0 aliphatic heterocycles. The van der Waals surface area contributed by atoms with E-state index in [0.717, 1.165) is 6.42 Å². The molecule has 0 amide bonds. The standard InChI is InChI=1S/C20H20O6/c1-11(2)5-6-25-13-8-16(23)20-17(24)10-18(26-19(20)9-13)12-3-4-14(21)15(22)7-12/h3-4,7-11,21-23H,5-6H2,1-2H3. The molecule has 6 heteroatoms. The Hall–Kier alpha value is -3.15. The number of benzene rings is 2. The van der Waals surface area contributed by atoms with Crippen LogP contribution in [0.15, 0.2) is 45.6 Å². The van der Waals surface area contributed by atoms with E-state index in [1.807, 2.05) is 0 Å². The smallest absolute Gasteiger partial charge is 0.197 e. The summed E-state index contributed by atoms with van der Waals surface area (Å²) in [6.45, 7) is 4.65. The Bertz CT molecular complexity index is 1000. The van der Waals surface area contributed by atoms with Gasteiger partial charge in [0.25, 0.3) is 0 Å². The third-order valence-electron chi connectivity index (χ3n) is 4.01. The first-order valence-corrected chi connectivity index (χ1v) is 8.31. The van der Waals surface area contributed by atoms with E-state index in [-0.39, 0.29) is 34.0 Å². The number of hydrogen-bond donors (Lipinski definition) is 3. The van der Waals surface area contributed by atoms with E-state index in [4.69, 9.17) is 9.15 Å². The maximum absolute atomic E-state index is 12.4. The van der Waals surface area contributed by atoms with Crippen LogP contribution in [0.4, 0.5) is 0 Å². The van der Waals surface area contributed by atoms with Crippen LogP contribution in [0.3, 0.4) is 0 Å². The summed E-state index contributed by atoms with van der Waals surface area (Å²) in [5.41, 5.74) is 0.185. The van der Waals surface area contributed by atoms with Gasteiger partial charge >= 0.3 is 0 Å². The molecule has 0 saturated heterocycles. The molecule has 6 nitrogen and oxygen atoms in total. The number of rotatable bonds is 5. The summed E-state index contributed by atoms with van der Waals surface area (Å²) in [7, 11) is 0. The van der Waals surface area contributed by atoms with Gasteiger partial charge in [-0.05, 0) is 30.5 Å². The fourth-order valence-electron chi connectivity index (χ4n) is 2.56. The van der Waals surface area contributed by atoms with Crippen molar-refractivity contribution in [1.29, 1.82) is 0 Å². The Morgan fingerprint density at radius 1 is 1.00 bits per heavy atom. The van der Waals surface area contributed by atoms with Crippen LogP contribution in [-0.4, -0.2) is 21.9 Å². The van der Waals surface area contributed by atoms with Gasteiger partial charge in [-0.15, -0.1) is 0 Å². The Balaban J connectivity index is 2.05. The van der Waals surface area contributed by atoms with Crippen LogP contribution in [0.2, 0.25) is 0 Å². The summed E-state index contributed by atoms with van der Waals surface area (Å²) in [5, 5.41) is 29.3. The first kappa shape index (κ1) is 17.7. The van der Waals surface area contributed by atoms with Crippen molar-refractivity contribution in [2.75, 3.05) is 6.61 Å². The summed E-state index contributed by atoms with van der Waals surface area (Å²) in [4.78, 5) is 12.4. The Morgan fingerprint density at radius 3 is 2.46 bits per heavy atom. The fraction of sp³-hybridized carbons (Fsp3) is 0.250. The minimum Gasteiger partial charge on any atom is -0.507 e. The molecule has 1 aromatic heterocycles. The Morgan fingerprint density at radius 2 is 1.77 bits per heavy atom. The van der Waals surface area contributed by atoms with Gasteiger partial charge in [0.1, 0.15) is 28.2 Å². The van der Waals surface area contributed by atoms with E-state index in [1.165, 1.54) is 30.3 Å². The molecule has 136 valence electrons. The second-order valence-corrected chi connectivity index (χ2v) is 6.52. The van der Waals surface area contributed by atoms with Gasteiger partial charge in [0.05, 0.1) is 6.61 Å². The highest BCUT2D eigenvalue weighted by molar-refractivity contribution is 5.86. The van der Waals surface area contributed by atoms with Gasteiger partial charge in [-0.25, -0.2) is 0 Å². The van der Waals surface area contributed by atoms with E-state index < -0.39 is 5.43 Å². The lowest BCUT2D eigenvalue weighted by Gasteiger charge is -2.10. The fourth-order valence-corrected chi connectivity index (χ4v) is 2.56. The molecule has 0 saturated carbocycles. The summed E-state index contributed by atoms with van der Waals surface area (Å²) in [6.07, 6.45) is 0.857. The minimum atomic E-state index is -0.417. The topological polar surface area (TPSA) is 100 Å². The highest BCUT2D eigenvalue weighted by Crippen LogP contribution is 2.34. The second-order valence-electron chi connectivity index (χ2n) is 6.52. The number of ether oxygens (including phenoxy) is 1. The van der Waals surface area contributed by atoms with Gasteiger partial charge in [-0.2, -0.15) is 0 Å². The van der Waals surface area contributed by atoms with Gasteiger partial charge in [0.15, 0.2) is 16.9 Å². The lowest BCUT2D eigenvalue weighted by molar-refractivity contribution is 0.288. The second kappa shape index (κ2) is 7.00. The van der Waals surface area contributed by atoms with E-state index in [2.05, 4.69) is 13.8 Å². The zero-order valence-electron chi connectivity index (χ0n) is 14.5. The number of fused-ring (bicyclic) bond motifs is 1. The molecule has 3 aromatic rings. The van der Waals surface area contributed by atoms with Crippen molar-refractivity contribution in [3.05, 3.63) is 46.6 Å². The molecule has 0 aliphatic rings. The summed E-state index contributed by atoms with van der Waals surface area (Å²) in [5.74, 6) is 0.293. The van der Waals surface area contributed by atoms with Crippen molar-refractivity contribution in [3.63, 3.8) is 0 Å². The van der Waals surface area contributed by atoms with Crippen LogP contribution in [0.5, 0.6) is 23.0 Å². The molecule has 0 spiro atoms. The van der Waals surface area contributed by atoms with Crippen LogP contribution in [0.1, 0.15) is 20.3 Å². The van der Waals surface area contributed by atoms with Crippen molar-refractivity contribution < 1.29 is 24.5 Å². The molecule has 0 atom stereocenters. The van der Waals surface area contributed by atoms with E-state index >= 15 is 0 Å². The van der Waals surface area contributed by atoms with Gasteiger partial charge in [0.2, 0.25) is 0 Å². The molecule has 3 rings (SSSR count). The van der Waals surface area contributed by atoms with Gasteiger partial charge in [-0.1, -0.05) is 13.8 Å². The first-order chi connectivity index (χ1) is 12.3. The largest absolute Gasteiger partial charge is 0.507 e. The van der Waals surface area contributed by atoms with Crippen molar-refractivity contribution in [2.45, 2.75) is 20.3 Å². The maximum atomic E-state index is 12.4. The van der Waals surface area contributed by atoms with Crippen LogP contribution in [0, 0.1) is 5.92 Å². The lowest BCUT2D eigenvalue weighted by atomic mass is 10.1. The van der Waals surface area contributed by atoms with Crippen molar-refractivity contribution >= 4 is 11.0 Å². The Labute approximate surface area is 149 Å². The first-order valence-electron chi connectivity index (χ1n) is 8.31. The monoisotopic (exact) mass is 356 g/mol. The summed E-state index contributed by atoms with van der Waals surface area (Å²) >= 11 is 0. The third-order valence-corrected chi connectivity index (χ3v) is 4.01. The molecular weight excluding hydrogens is 336 g/mol. The van der Waals surface area contributed by atoms with Gasteiger partial charge < -0.3 is 24.5 Å². The number of hydrogen-bond acceptors (Lipinski definition) is 6. The summed E-state index contributed by atoms with van der Waals surface area (Å²) in [6, 6.07) is 8.29. The van der Waals surface area contributed by atoms with Crippen LogP contribution in [-0.2, 0) is 0 Å². The van der Waals surface area contributed by atoms with Crippen molar-refractivity contribution in [1.82, 2.24) is 0 Å². The maximum Gasteiger partial charge on any atom is 0.197 e. The molecule has 0 bridgehead atoms. The highest BCUT2D eigenvalue weighted by Gasteiger charge is 2.14. The zero-order chi connectivity index (χ0) is 18.8.